The van der Waals surface area contributed by atoms with Crippen LogP contribution in [0.4, 0.5) is 0 Å². The summed E-state index contributed by atoms with van der Waals surface area (Å²) in [5.74, 6) is 1.10. The van der Waals surface area contributed by atoms with Gasteiger partial charge in [-0.1, -0.05) is 54.6 Å². The number of hydrogen-bond donors (Lipinski definition) is 2. The molecule has 2 N–H and O–H groups in total. The van der Waals surface area contributed by atoms with Gasteiger partial charge < -0.3 is 9.84 Å². The molecule has 7 heteroatoms. The summed E-state index contributed by atoms with van der Waals surface area (Å²) < 4.78 is 33.9. The Hall–Kier alpha value is -2.71. The standard InChI is InChI=1S/C27H32N2O4S/c30-17-18-33-26-8-4-5-23(19-26)21-29-15-13-22(14-16-29)20-28-34(31,32)27-11-9-25(10-12-27)24-6-2-1-3-7-24/h1-12,19,22,28,30H,13-18,20-21H2. The summed E-state index contributed by atoms with van der Waals surface area (Å²) in [5, 5.41) is 8.92. The fourth-order valence-corrected chi connectivity index (χ4v) is 5.39. The van der Waals surface area contributed by atoms with Crippen molar-refractivity contribution in [2.45, 2.75) is 24.3 Å². The Kier molecular flexibility index (Phi) is 8.34. The largest absolute Gasteiger partial charge is 0.491 e. The number of hydrogen-bond acceptors (Lipinski definition) is 5. The fourth-order valence-electron chi connectivity index (χ4n) is 4.27. The number of aliphatic hydroxyl groups excluding tert-OH is 1. The molecule has 1 saturated heterocycles. The van der Waals surface area contributed by atoms with Crippen LogP contribution < -0.4 is 9.46 Å². The van der Waals surface area contributed by atoms with E-state index in [0.29, 0.717) is 24.0 Å². The number of likely N-dealkylation sites (tertiary alicyclic amines) is 1. The molecule has 1 aliphatic heterocycles. The van der Waals surface area contributed by atoms with E-state index < -0.39 is 10.0 Å². The van der Waals surface area contributed by atoms with Gasteiger partial charge in [-0.3, -0.25) is 4.90 Å². The van der Waals surface area contributed by atoms with Crippen LogP contribution in [0.5, 0.6) is 5.75 Å². The summed E-state index contributed by atoms with van der Waals surface area (Å²) in [6.45, 7) is 3.45. The number of piperidine rings is 1. The van der Waals surface area contributed by atoms with E-state index in [1.807, 2.05) is 60.7 Å². The molecule has 0 bridgehead atoms. The van der Waals surface area contributed by atoms with Crippen molar-refractivity contribution < 1.29 is 18.3 Å². The highest BCUT2D eigenvalue weighted by atomic mass is 32.2. The first-order valence-corrected chi connectivity index (χ1v) is 13.2. The lowest BCUT2D eigenvalue weighted by Gasteiger charge is -2.32. The molecule has 0 aromatic heterocycles. The third-order valence-corrected chi connectivity index (χ3v) is 7.65. The maximum Gasteiger partial charge on any atom is 0.240 e. The number of benzene rings is 3. The number of sulfonamides is 1. The average molecular weight is 481 g/mol. The normalized spacial score (nSPS) is 15.3. The third-order valence-electron chi connectivity index (χ3n) is 6.21. The van der Waals surface area contributed by atoms with Gasteiger partial charge in [0.2, 0.25) is 10.0 Å². The second-order valence-corrected chi connectivity index (χ2v) is 10.4. The van der Waals surface area contributed by atoms with E-state index in [9.17, 15) is 8.42 Å². The molecule has 0 radical (unpaired) electrons. The van der Waals surface area contributed by atoms with Crippen molar-refractivity contribution in [2.24, 2.45) is 5.92 Å². The SMILES string of the molecule is O=S(=O)(NCC1CCN(Cc2cccc(OCCO)c2)CC1)c1ccc(-c2ccccc2)cc1. The van der Waals surface area contributed by atoms with E-state index in [-0.39, 0.29) is 6.61 Å². The molecule has 0 unspecified atom stereocenters. The summed E-state index contributed by atoms with van der Waals surface area (Å²) >= 11 is 0. The van der Waals surface area contributed by atoms with Gasteiger partial charge in [-0.2, -0.15) is 0 Å². The molecule has 0 atom stereocenters. The summed E-state index contributed by atoms with van der Waals surface area (Å²) in [7, 11) is -3.53. The molecular weight excluding hydrogens is 448 g/mol. The number of rotatable bonds is 10. The predicted octanol–water partition coefficient (Wildman–Crippen LogP) is 3.92. The Morgan fingerprint density at radius 2 is 1.62 bits per heavy atom. The number of ether oxygens (including phenoxy) is 1. The van der Waals surface area contributed by atoms with Gasteiger partial charge in [0.05, 0.1) is 11.5 Å². The highest BCUT2D eigenvalue weighted by molar-refractivity contribution is 7.89. The minimum Gasteiger partial charge on any atom is -0.491 e. The average Bonchev–Trinajstić information content (AvgIpc) is 2.88. The minimum atomic E-state index is -3.53. The Balaban J connectivity index is 1.25. The number of nitrogens with one attached hydrogen (secondary N) is 1. The zero-order valence-corrected chi connectivity index (χ0v) is 20.1. The quantitative estimate of drug-likeness (QED) is 0.460. The second-order valence-electron chi connectivity index (χ2n) is 8.68. The van der Waals surface area contributed by atoms with Crippen LogP contribution in [0.25, 0.3) is 11.1 Å². The van der Waals surface area contributed by atoms with Gasteiger partial charge in [0.25, 0.3) is 0 Å². The van der Waals surface area contributed by atoms with Gasteiger partial charge >= 0.3 is 0 Å². The smallest absolute Gasteiger partial charge is 0.240 e. The van der Waals surface area contributed by atoms with Crippen molar-refractivity contribution >= 4 is 10.0 Å². The topological polar surface area (TPSA) is 78.9 Å². The Bertz CT molecular complexity index is 1140. The molecule has 34 heavy (non-hydrogen) atoms. The maximum absolute atomic E-state index is 12.8. The monoisotopic (exact) mass is 480 g/mol. The van der Waals surface area contributed by atoms with Crippen LogP contribution in [0.2, 0.25) is 0 Å². The predicted molar refractivity (Wildman–Crippen MR) is 134 cm³/mol. The van der Waals surface area contributed by atoms with Gasteiger partial charge in [0.15, 0.2) is 0 Å². The lowest BCUT2D eigenvalue weighted by atomic mass is 9.97. The molecule has 3 aromatic rings. The molecule has 4 rings (SSSR count). The summed E-state index contributed by atoms with van der Waals surface area (Å²) in [4.78, 5) is 2.69. The van der Waals surface area contributed by atoms with Crippen LogP contribution in [0.3, 0.4) is 0 Å². The first kappa shape index (κ1) is 24.4. The van der Waals surface area contributed by atoms with E-state index in [0.717, 1.165) is 49.4 Å². The zero-order chi connectivity index (χ0) is 23.8. The lowest BCUT2D eigenvalue weighted by molar-refractivity contribution is 0.178. The number of aliphatic hydroxyl groups is 1. The van der Waals surface area contributed by atoms with Crippen molar-refractivity contribution in [2.75, 3.05) is 32.8 Å². The minimum absolute atomic E-state index is 0.000490. The fraction of sp³-hybridized carbons (Fsp3) is 0.333. The molecule has 3 aromatic carbocycles. The zero-order valence-electron chi connectivity index (χ0n) is 19.3. The molecule has 6 nitrogen and oxygen atoms in total. The van der Waals surface area contributed by atoms with Gasteiger partial charge in [0.1, 0.15) is 12.4 Å². The van der Waals surface area contributed by atoms with E-state index in [2.05, 4.69) is 15.7 Å². The first-order chi connectivity index (χ1) is 16.5. The Labute approximate surface area is 202 Å². The van der Waals surface area contributed by atoms with E-state index in [1.54, 1.807) is 12.1 Å². The maximum atomic E-state index is 12.8. The van der Waals surface area contributed by atoms with Crippen LogP contribution in [0.1, 0.15) is 18.4 Å². The van der Waals surface area contributed by atoms with Crippen LogP contribution >= 0.6 is 0 Å². The van der Waals surface area contributed by atoms with Crippen molar-refractivity contribution in [3.8, 4) is 16.9 Å². The van der Waals surface area contributed by atoms with Crippen molar-refractivity contribution in [3.05, 3.63) is 84.4 Å². The highest BCUT2D eigenvalue weighted by Gasteiger charge is 2.22. The van der Waals surface area contributed by atoms with Gasteiger partial charge in [-0.05, 0) is 72.8 Å². The van der Waals surface area contributed by atoms with Crippen molar-refractivity contribution in [1.82, 2.24) is 9.62 Å². The Morgan fingerprint density at radius 3 is 2.32 bits per heavy atom. The summed E-state index contributed by atoms with van der Waals surface area (Å²) in [5.41, 5.74) is 3.24. The molecule has 0 amide bonds. The van der Waals surface area contributed by atoms with E-state index in [4.69, 9.17) is 9.84 Å². The third kappa shape index (κ3) is 6.67. The van der Waals surface area contributed by atoms with Crippen molar-refractivity contribution in [1.29, 1.82) is 0 Å². The second kappa shape index (κ2) is 11.6. The van der Waals surface area contributed by atoms with Crippen LogP contribution in [-0.4, -0.2) is 51.3 Å². The number of nitrogens with zero attached hydrogens (tertiary/aromatic N) is 1. The van der Waals surface area contributed by atoms with E-state index in [1.165, 1.54) is 5.56 Å². The molecule has 0 aliphatic carbocycles. The van der Waals surface area contributed by atoms with Crippen LogP contribution in [0, 0.1) is 5.92 Å². The molecule has 0 spiro atoms. The molecular formula is C27H32N2O4S. The molecule has 180 valence electrons. The summed E-state index contributed by atoms with van der Waals surface area (Å²) in [6, 6.07) is 24.9. The highest BCUT2D eigenvalue weighted by Crippen LogP contribution is 2.23. The van der Waals surface area contributed by atoms with Crippen molar-refractivity contribution in [3.63, 3.8) is 0 Å². The lowest BCUT2D eigenvalue weighted by Crippen LogP contribution is -2.38. The van der Waals surface area contributed by atoms with Crippen LogP contribution in [0.15, 0.2) is 83.8 Å². The molecule has 1 fully saturated rings. The molecule has 1 aliphatic rings. The molecule has 1 heterocycles. The van der Waals surface area contributed by atoms with Gasteiger partial charge in [-0.25, -0.2) is 13.1 Å². The van der Waals surface area contributed by atoms with E-state index >= 15 is 0 Å². The van der Waals surface area contributed by atoms with Gasteiger partial charge in [-0.15, -0.1) is 0 Å². The van der Waals surface area contributed by atoms with Crippen LogP contribution in [-0.2, 0) is 16.6 Å². The first-order valence-electron chi connectivity index (χ1n) is 11.7. The Morgan fingerprint density at radius 1 is 0.912 bits per heavy atom. The molecule has 0 saturated carbocycles. The summed E-state index contributed by atoms with van der Waals surface area (Å²) in [6.07, 6.45) is 1.91. The van der Waals surface area contributed by atoms with Gasteiger partial charge in [0, 0.05) is 13.1 Å².